The summed E-state index contributed by atoms with van der Waals surface area (Å²) in [7, 11) is -2.98. The zero-order valence-electron chi connectivity index (χ0n) is 12.6. The fourth-order valence-corrected chi connectivity index (χ4v) is 5.19. The average molecular weight is 322 g/mol. The van der Waals surface area contributed by atoms with Gasteiger partial charge in [-0.05, 0) is 49.3 Å². The second kappa shape index (κ2) is 6.36. The minimum Gasteiger partial charge on any atom is -0.342 e. The van der Waals surface area contributed by atoms with Gasteiger partial charge in [0.15, 0.2) is 9.84 Å². The fourth-order valence-electron chi connectivity index (χ4n) is 3.46. The zero-order chi connectivity index (χ0) is 15.6. The molecule has 5 nitrogen and oxygen atoms in total. The summed E-state index contributed by atoms with van der Waals surface area (Å²) >= 11 is 0. The first-order valence-corrected chi connectivity index (χ1v) is 9.74. The number of sulfone groups is 1. The standard InChI is InChI=1S/C16H22N2O3S/c19-16(15-5-10-22(20,21)12-15)18-8-3-14(4-9-18)11-13-1-6-17-7-2-13/h1-2,6-7,14-15H,3-5,8-12H2/t15-/m1/s1. The molecule has 0 aliphatic carbocycles. The van der Waals surface area contributed by atoms with Crippen molar-refractivity contribution >= 4 is 15.7 Å². The topological polar surface area (TPSA) is 67.3 Å². The average Bonchev–Trinajstić information content (AvgIpc) is 2.88. The number of amides is 1. The Morgan fingerprint density at radius 3 is 2.45 bits per heavy atom. The largest absolute Gasteiger partial charge is 0.342 e. The van der Waals surface area contributed by atoms with Crippen LogP contribution in [-0.2, 0) is 21.1 Å². The van der Waals surface area contributed by atoms with Gasteiger partial charge >= 0.3 is 0 Å². The van der Waals surface area contributed by atoms with Crippen molar-refractivity contribution < 1.29 is 13.2 Å². The summed E-state index contributed by atoms with van der Waals surface area (Å²) in [5, 5.41) is 0. The molecule has 2 aliphatic rings. The maximum absolute atomic E-state index is 12.4. The lowest BCUT2D eigenvalue weighted by molar-refractivity contribution is -0.136. The van der Waals surface area contributed by atoms with Crippen molar-refractivity contribution in [1.82, 2.24) is 9.88 Å². The predicted molar refractivity (Wildman–Crippen MR) is 84.0 cm³/mol. The number of carbonyl (C=O) groups is 1. The van der Waals surface area contributed by atoms with Crippen LogP contribution in [0.4, 0.5) is 0 Å². The highest BCUT2D eigenvalue weighted by Crippen LogP contribution is 2.26. The molecule has 2 fully saturated rings. The number of piperidine rings is 1. The molecule has 1 atom stereocenters. The molecule has 0 N–H and O–H groups in total. The monoisotopic (exact) mass is 322 g/mol. The van der Waals surface area contributed by atoms with Gasteiger partial charge in [0.25, 0.3) is 0 Å². The van der Waals surface area contributed by atoms with Crippen molar-refractivity contribution in [1.29, 1.82) is 0 Å². The van der Waals surface area contributed by atoms with Crippen LogP contribution in [0.25, 0.3) is 0 Å². The molecule has 0 unspecified atom stereocenters. The number of hydrogen-bond acceptors (Lipinski definition) is 4. The van der Waals surface area contributed by atoms with Crippen molar-refractivity contribution in [3.63, 3.8) is 0 Å². The minimum atomic E-state index is -2.98. The third-order valence-corrected chi connectivity index (χ3v) is 6.55. The summed E-state index contributed by atoms with van der Waals surface area (Å²) in [5.41, 5.74) is 1.29. The Morgan fingerprint density at radius 2 is 1.86 bits per heavy atom. The molecule has 0 spiro atoms. The van der Waals surface area contributed by atoms with Gasteiger partial charge in [0, 0.05) is 25.5 Å². The molecule has 120 valence electrons. The number of hydrogen-bond donors (Lipinski definition) is 0. The number of aromatic nitrogens is 1. The van der Waals surface area contributed by atoms with Crippen LogP contribution in [0.3, 0.4) is 0 Å². The van der Waals surface area contributed by atoms with E-state index in [4.69, 9.17) is 0 Å². The van der Waals surface area contributed by atoms with E-state index in [-0.39, 0.29) is 23.3 Å². The Hall–Kier alpha value is -1.43. The maximum atomic E-state index is 12.4. The van der Waals surface area contributed by atoms with Gasteiger partial charge in [0.2, 0.25) is 5.91 Å². The summed E-state index contributed by atoms with van der Waals surface area (Å²) in [6.45, 7) is 1.51. The van der Waals surface area contributed by atoms with Gasteiger partial charge < -0.3 is 4.90 Å². The van der Waals surface area contributed by atoms with Gasteiger partial charge in [0.05, 0.1) is 17.4 Å². The van der Waals surface area contributed by atoms with E-state index in [1.165, 1.54) is 5.56 Å². The molecule has 0 aromatic carbocycles. The number of pyridine rings is 1. The smallest absolute Gasteiger partial charge is 0.226 e. The van der Waals surface area contributed by atoms with E-state index in [1.54, 1.807) is 0 Å². The lowest BCUT2D eigenvalue weighted by Gasteiger charge is -2.33. The zero-order valence-corrected chi connectivity index (χ0v) is 13.5. The Kier molecular flexibility index (Phi) is 4.47. The Morgan fingerprint density at radius 1 is 1.18 bits per heavy atom. The highest BCUT2D eigenvalue weighted by atomic mass is 32.2. The van der Waals surface area contributed by atoms with Gasteiger partial charge in [-0.3, -0.25) is 9.78 Å². The Balaban J connectivity index is 1.50. The van der Waals surface area contributed by atoms with Gasteiger partial charge in [-0.2, -0.15) is 0 Å². The van der Waals surface area contributed by atoms with Crippen LogP contribution in [0, 0.1) is 11.8 Å². The molecule has 1 aromatic rings. The first-order valence-electron chi connectivity index (χ1n) is 7.91. The van der Waals surface area contributed by atoms with E-state index >= 15 is 0 Å². The van der Waals surface area contributed by atoms with Crippen LogP contribution in [0.1, 0.15) is 24.8 Å². The van der Waals surface area contributed by atoms with Crippen LogP contribution in [0.15, 0.2) is 24.5 Å². The minimum absolute atomic E-state index is 0.0444. The van der Waals surface area contributed by atoms with E-state index in [0.717, 1.165) is 32.4 Å². The van der Waals surface area contributed by atoms with Gasteiger partial charge in [0.1, 0.15) is 0 Å². The van der Waals surface area contributed by atoms with Crippen molar-refractivity contribution in [2.45, 2.75) is 25.7 Å². The molecule has 1 amide bonds. The number of nitrogens with zero attached hydrogens (tertiary/aromatic N) is 2. The molecule has 3 rings (SSSR count). The first-order chi connectivity index (χ1) is 10.5. The van der Waals surface area contributed by atoms with E-state index in [9.17, 15) is 13.2 Å². The SMILES string of the molecule is O=C([C@@H]1CCS(=O)(=O)C1)N1CCC(Cc2ccncc2)CC1. The summed E-state index contributed by atoms with van der Waals surface area (Å²) < 4.78 is 23.0. The normalized spacial score (nSPS) is 25.3. The molecule has 3 heterocycles. The number of carbonyl (C=O) groups excluding carboxylic acids is 1. The number of likely N-dealkylation sites (tertiary alicyclic amines) is 1. The Bertz CT molecular complexity index is 622. The third kappa shape index (κ3) is 3.66. The summed E-state index contributed by atoms with van der Waals surface area (Å²) in [4.78, 5) is 18.3. The molecule has 0 radical (unpaired) electrons. The fraction of sp³-hybridized carbons (Fsp3) is 0.625. The molecule has 1 aromatic heterocycles. The molecular formula is C16H22N2O3S. The van der Waals surface area contributed by atoms with E-state index < -0.39 is 9.84 Å². The predicted octanol–water partition coefficient (Wildman–Crippen LogP) is 1.30. The van der Waals surface area contributed by atoms with E-state index in [1.807, 2.05) is 29.4 Å². The maximum Gasteiger partial charge on any atom is 0.226 e. The molecule has 2 aliphatic heterocycles. The molecule has 2 saturated heterocycles. The quantitative estimate of drug-likeness (QED) is 0.841. The lowest BCUT2D eigenvalue weighted by atomic mass is 9.90. The van der Waals surface area contributed by atoms with Gasteiger partial charge in [-0.1, -0.05) is 0 Å². The molecular weight excluding hydrogens is 300 g/mol. The van der Waals surface area contributed by atoms with Gasteiger partial charge in [-0.15, -0.1) is 0 Å². The summed E-state index contributed by atoms with van der Waals surface area (Å²) in [6, 6.07) is 4.09. The van der Waals surface area contributed by atoms with Gasteiger partial charge in [-0.25, -0.2) is 8.42 Å². The van der Waals surface area contributed by atoms with E-state index in [2.05, 4.69) is 4.98 Å². The van der Waals surface area contributed by atoms with Crippen molar-refractivity contribution in [2.75, 3.05) is 24.6 Å². The summed E-state index contributed by atoms with van der Waals surface area (Å²) in [5.74, 6) is 0.550. The first kappa shape index (κ1) is 15.5. The second-order valence-corrected chi connectivity index (χ2v) is 8.66. The van der Waals surface area contributed by atoms with E-state index in [0.29, 0.717) is 12.3 Å². The second-order valence-electron chi connectivity index (χ2n) is 6.43. The highest BCUT2D eigenvalue weighted by Gasteiger charge is 2.36. The van der Waals surface area contributed by atoms with Crippen molar-refractivity contribution in [3.05, 3.63) is 30.1 Å². The molecule has 6 heteroatoms. The van der Waals surface area contributed by atoms with Crippen LogP contribution in [0.5, 0.6) is 0 Å². The van der Waals surface area contributed by atoms with Crippen molar-refractivity contribution in [2.24, 2.45) is 11.8 Å². The summed E-state index contributed by atoms with van der Waals surface area (Å²) in [6.07, 6.45) is 7.14. The van der Waals surface area contributed by atoms with Crippen LogP contribution in [0.2, 0.25) is 0 Å². The Labute approximate surface area is 131 Å². The third-order valence-electron chi connectivity index (χ3n) is 4.78. The number of rotatable bonds is 3. The molecule has 0 bridgehead atoms. The van der Waals surface area contributed by atoms with Crippen molar-refractivity contribution in [3.8, 4) is 0 Å². The highest BCUT2D eigenvalue weighted by molar-refractivity contribution is 7.91. The van der Waals surface area contributed by atoms with Crippen LogP contribution in [-0.4, -0.2) is 48.8 Å². The molecule has 22 heavy (non-hydrogen) atoms. The van der Waals surface area contributed by atoms with Crippen LogP contribution < -0.4 is 0 Å². The lowest BCUT2D eigenvalue weighted by Crippen LogP contribution is -2.42. The van der Waals surface area contributed by atoms with Crippen LogP contribution >= 0.6 is 0 Å². The molecule has 0 saturated carbocycles.